The molecule has 1 aromatic rings. The lowest BCUT2D eigenvalue weighted by Gasteiger charge is -2.30. The Balaban J connectivity index is 1.66. The predicted octanol–water partition coefficient (Wildman–Crippen LogP) is 2.90. The lowest BCUT2D eigenvalue weighted by molar-refractivity contribution is -0.133. The molecule has 1 saturated carbocycles. The van der Waals surface area contributed by atoms with Crippen LogP contribution < -0.4 is 15.0 Å². The number of carbonyl (C=O) groups excluding carboxylic acids is 2. The quantitative estimate of drug-likeness (QED) is 0.524. The number of rotatable bonds is 3. The van der Waals surface area contributed by atoms with E-state index in [1.165, 1.54) is 25.7 Å². The van der Waals surface area contributed by atoms with Gasteiger partial charge in [-0.05, 0) is 31.0 Å². The van der Waals surface area contributed by atoms with Crippen LogP contribution in [-0.4, -0.2) is 31.0 Å². The molecule has 0 atom stereocenters. The molecule has 5 nitrogen and oxygen atoms in total. The van der Waals surface area contributed by atoms with E-state index in [2.05, 4.69) is 5.32 Å². The van der Waals surface area contributed by atoms with Crippen molar-refractivity contribution in [3.05, 3.63) is 23.2 Å². The van der Waals surface area contributed by atoms with Gasteiger partial charge in [0.2, 0.25) is 5.91 Å². The van der Waals surface area contributed by atoms with Gasteiger partial charge in [0.15, 0.2) is 5.75 Å². The number of hydrogen-bond donors (Lipinski definition) is 1. The highest BCUT2D eigenvalue weighted by Gasteiger charge is 2.26. The summed E-state index contributed by atoms with van der Waals surface area (Å²) in [6, 6.07) is 5.30. The van der Waals surface area contributed by atoms with Gasteiger partial charge in [0.05, 0.1) is 12.2 Å². The number of nitrogens with one attached hydrogen (secondary N) is 1. The first-order valence-corrected chi connectivity index (χ1v) is 8.54. The molecule has 0 radical (unpaired) electrons. The third-order valence-electron chi connectivity index (χ3n) is 4.36. The minimum Gasteiger partial charge on any atom is -0.423 e. The van der Waals surface area contributed by atoms with Gasteiger partial charge in [-0.15, -0.1) is 0 Å². The van der Waals surface area contributed by atoms with Crippen LogP contribution in [-0.2, 0) is 9.59 Å². The molecule has 1 amide bonds. The van der Waals surface area contributed by atoms with Gasteiger partial charge >= 0.3 is 5.97 Å². The molecule has 6 heteroatoms. The highest BCUT2D eigenvalue weighted by molar-refractivity contribution is 6.31. The second-order valence-electron chi connectivity index (χ2n) is 6.20. The second kappa shape index (κ2) is 7.21. The molecule has 0 saturated heterocycles. The van der Waals surface area contributed by atoms with Crippen LogP contribution in [0, 0.1) is 0 Å². The molecule has 1 aliphatic heterocycles. The Morgan fingerprint density at radius 3 is 2.74 bits per heavy atom. The molecule has 124 valence electrons. The summed E-state index contributed by atoms with van der Waals surface area (Å²) in [4.78, 5) is 25.8. The van der Waals surface area contributed by atoms with Gasteiger partial charge in [0, 0.05) is 11.1 Å². The molecule has 1 fully saturated rings. The Labute approximate surface area is 140 Å². The second-order valence-corrected chi connectivity index (χ2v) is 6.63. The highest BCUT2D eigenvalue weighted by Crippen LogP contribution is 2.34. The number of esters is 1. The van der Waals surface area contributed by atoms with Gasteiger partial charge in [-0.1, -0.05) is 37.3 Å². The van der Waals surface area contributed by atoms with Gasteiger partial charge in [0.25, 0.3) is 0 Å². The first kappa shape index (κ1) is 16.1. The van der Waals surface area contributed by atoms with Gasteiger partial charge in [-0.2, -0.15) is 0 Å². The van der Waals surface area contributed by atoms with Crippen LogP contribution in [0.4, 0.5) is 5.69 Å². The number of fused-ring (bicyclic) bond motifs is 1. The van der Waals surface area contributed by atoms with Crippen molar-refractivity contribution >= 4 is 29.2 Å². The van der Waals surface area contributed by atoms with Crippen LogP contribution in [0.1, 0.15) is 38.5 Å². The molecule has 1 heterocycles. The van der Waals surface area contributed by atoms with Crippen molar-refractivity contribution in [2.75, 3.05) is 18.0 Å². The first-order valence-electron chi connectivity index (χ1n) is 8.16. The zero-order chi connectivity index (χ0) is 16.2. The fraction of sp³-hybridized carbons (Fsp3) is 0.529. The van der Waals surface area contributed by atoms with E-state index in [-0.39, 0.29) is 31.0 Å². The van der Waals surface area contributed by atoms with Crippen LogP contribution in [0.25, 0.3) is 0 Å². The topological polar surface area (TPSA) is 58.6 Å². The number of benzene rings is 1. The number of ether oxygens (including phenoxy) is 1. The van der Waals surface area contributed by atoms with Crippen LogP contribution in [0.3, 0.4) is 0 Å². The van der Waals surface area contributed by atoms with Crippen LogP contribution >= 0.6 is 11.6 Å². The maximum atomic E-state index is 12.4. The monoisotopic (exact) mass is 336 g/mol. The van der Waals surface area contributed by atoms with Crippen LogP contribution in [0.2, 0.25) is 5.02 Å². The Hall–Kier alpha value is -1.75. The van der Waals surface area contributed by atoms with Crippen molar-refractivity contribution < 1.29 is 14.3 Å². The molecule has 0 bridgehead atoms. The average Bonchev–Trinajstić information content (AvgIpc) is 2.76. The Kier molecular flexibility index (Phi) is 5.06. The summed E-state index contributed by atoms with van der Waals surface area (Å²) in [6.07, 6.45) is 6.90. The van der Waals surface area contributed by atoms with Gasteiger partial charge in [0.1, 0.15) is 6.54 Å². The maximum Gasteiger partial charge on any atom is 0.331 e. The lowest BCUT2D eigenvalue weighted by Crippen LogP contribution is -2.45. The first-order chi connectivity index (χ1) is 11.1. The number of nitrogens with zero attached hydrogens (tertiary/aromatic N) is 1. The fourth-order valence-electron chi connectivity index (χ4n) is 3.23. The number of hydrogen-bond acceptors (Lipinski definition) is 4. The van der Waals surface area contributed by atoms with Crippen LogP contribution in [0.5, 0.6) is 5.75 Å². The van der Waals surface area contributed by atoms with Crippen molar-refractivity contribution in [1.29, 1.82) is 0 Å². The number of anilines is 1. The molecule has 0 aromatic heterocycles. The van der Waals surface area contributed by atoms with Crippen molar-refractivity contribution in [3.8, 4) is 5.75 Å². The van der Waals surface area contributed by atoms with E-state index >= 15 is 0 Å². The third kappa shape index (κ3) is 4.16. The largest absolute Gasteiger partial charge is 0.423 e. The Morgan fingerprint density at radius 2 is 2.00 bits per heavy atom. The van der Waals surface area contributed by atoms with Gasteiger partial charge < -0.3 is 15.0 Å². The minimum absolute atomic E-state index is 0.0578. The molecule has 23 heavy (non-hydrogen) atoms. The van der Waals surface area contributed by atoms with Crippen molar-refractivity contribution in [3.63, 3.8) is 0 Å². The normalized spacial score (nSPS) is 18.8. The standard InChI is InChI=1S/C17H21ClN2O3/c18-12-7-8-15-14(9-12)20(11-17(22)23-15)10-16(21)19-13-5-3-1-2-4-6-13/h7-9,13H,1-6,10-11H2,(H,19,21). The lowest BCUT2D eigenvalue weighted by atomic mass is 10.1. The number of amides is 1. The molecule has 2 aliphatic rings. The van der Waals surface area contributed by atoms with Crippen molar-refractivity contribution in [2.24, 2.45) is 0 Å². The molecule has 1 aliphatic carbocycles. The smallest absolute Gasteiger partial charge is 0.331 e. The Morgan fingerprint density at radius 1 is 1.26 bits per heavy atom. The van der Waals surface area contributed by atoms with Gasteiger partial charge in [-0.25, -0.2) is 4.79 Å². The van der Waals surface area contributed by atoms with E-state index in [0.29, 0.717) is 16.5 Å². The highest BCUT2D eigenvalue weighted by atomic mass is 35.5. The van der Waals surface area contributed by atoms with E-state index in [1.807, 2.05) is 0 Å². The van der Waals surface area contributed by atoms with E-state index < -0.39 is 0 Å². The van der Waals surface area contributed by atoms with E-state index in [0.717, 1.165) is 12.8 Å². The summed E-state index contributed by atoms with van der Waals surface area (Å²) in [5.41, 5.74) is 0.688. The summed E-state index contributed by atoms with van der Waals surface area (Å²) in [5, 5.41) is 3.65. The van der Waals surface area contributed by atoms with Gasteiger partial charge in [-0.3, -0.25) is 4.79 Å². The minimum atomic E-state index is -0.359. The molecule has 0 unspecified atom stereocenters. The van der Waals surface area contributed by atoms with Crippen molar-refractivity contribution in [1.82, 2.24) is 5.32 Å². The molecule has 1 aromatic carbocycles. The molecule has 0 spiro atoms. The zero-order valence-electron chi connectivity index (χ0n) is 13.0. The summed E-state index contributed by atoms with van der Waals surface area (Å²) in [5.74, 6) is 0.0348. The molecular formula is C17H21ClN2O3. The van der Waals surface area contributed by atoms with E-state index in [9.17, 15) is 9.59 Å². The molecule has 1 N–H and O–H groups in total. The molecular weight excluding hydrogens is 316 g/mol. The number of carbonyl (C=O) groups is 2. The van der Waals surface area contributed by atoms with E-state index in [1.54, 1.807) is 23.1 Å². The van der Waals surface area contributed by atoms with E-state index in [4.69, 9.17) is 16.3 Å². The SMILES string of the molecule is O=C(CN1CC(=O)Oc2ccc(Cl)cc21)NC1CCCCCC1. The molecule has 3 rings (SSSR count). The predicted molar refractivity (Wildman–Crippen MR) is 88.9 cm³/mol. The third-order valence-corrected chi connectivity index (χ3v) is 4.60. The summed E-state index contributed by atoms with van der Waals surface area (Å²) >= 11 is 6.02. The van der Waals surface area contributed by atoms with Crippen molar-refractivity contribution in [2.45, 2.75) is 44.6 Å². The number of halogens is 1. The maximum absolute atomic E-state index is 12.4. The van der Waals surface area contributed by atoms with Crippen LogP contribution in [0.15, 0.2) is 18.2 Å². The zero-order valence-corrected chi connectivity index (χ0v) is 13.8. The summed E-state index contributed by atoms with van der Waals surface area (Å²) < 4.78 is 5.19. The summed E-state index contributed by atoms with van der Waals surface area (Å²) in [7, 11) is 0. The average molecular weight is 337 g/mol. The fourth-order valence-corrected chi connectivity index (χ4v) is 3.40. The Bertz CT molecular complexity index is 598. The summed E-state index contributed by atoms with van der Waals surface area (Å²) in [6.45, 7) is 0.199.